The fraction of sp³-hybridized carbons (Fsp3) is 0.150. The van der Waals surface area contributed by atoms with Crippen molar-refractivity contribution >= 4 is 42.4 Å². The number of ether oxygens (including phenoxy) is 1. The first-order valence-electron chi connectivity index (χ1n) is 15.0. The average molecular weight is 595 g/mol. The monoisotopic (exact) mass is 594 g/mol. The summed E-state index contributed by atoms with van der Waals surface area (Å²) in [5, 5.41) is 7.96. The van der Waals surface area contributed by atoms with Gasteiger partial charge in [-0.25, -0.2) is 0 Å². The van der Waals surface area contributed by atoms with Gasteiger partial charge in [-0.15, -0.1) is 0 Å². The van der Waals surface area contributed by atoms with E-state index in [0.717, 1.165) is 17.9 Å². The van der Waals surface area contributed by atoms with Gasteiger partial charge in [0.2, 0.25) is 0 Å². The van der Waals surface area contributed by atoms with Crippen LogP contribution in [0.5, 0.6) is 5.75 Å². The number of hydrogen-bond donors (Lipinski definition) is 0. The maximum atomic E-state index is 7.43. The SMILES string of the molecule is CC12CC=CC(P(c3ccccc3)c3ccccc3)=C1Oc1c(P(c3ccccc3)c3ccccc3)cccc1C2(C)C. The number of allylic oxidation sites excluding steroid dienone is 4. The van der Waals surface area contributed by atoms with Crippen LogP contribution in [0.1, 0.15) is 32.8 Å². The maximum absolute atomic E-state index is 7.43. The second kappa shape index (κ2) is 11.4. The Balaban J connectivity index is 1.48. The van der Waals surface area contributed by atoms with E-state index < -0.39 is 15.8 Å². The molecule has 1 unspecified atom stereocenters. The largest absolute Gasteiger partial charge is 0.459 e. The fourth-order valence-corrected chi connectivity index (χ4v) is 11.5. The van der Waals surface area contributed by atoms with Gasteiger partial charge in [-0.3, -0.25) is 0 Å². The van der Waals surface area contributed by atoms with Crippen LogP contribution in [0.4, 0.5) is 0 Å². The van der Waals surface area contributed by atoms with Crippen molar-refractivity contribution in [2.45, 2.75) is 32.6 Å². The smallest absolute Gasteiger partial charge is 0.139 e. The van der Waals surface area contributed by atoms with Crippen molar-refractivity contribution in [1.82, 2.24) is 0 Å². The van der Waals surface area contributed by atoms with Crippen LogP contribution in [0.2, 0.25) is 0 Å². The number of para-hydroxylation sites is 1. The average Bonchev–Trinajstić information content (AvgIpc) is 3.05. The molecule has 0 amide bonds. The first kappa shape index (κ1) is 28.0. The van der Waals surface area contributed by atoms with Crippen molar-refractivity contribution in [3.63, 3.8) is 0 Å². The molecule has 5 aromatic carbocycles. The van der Waals surface area contributed by atoms with Gasteiger partial charge in [-0.05, 0) is 43.5 Å². The zero-order valence-electron chi connectivity index (χ0n) is 24.9. The van der Waals surface area contributed by atoms with Crippen LogP contribution < -0.4 is 31.3 Å². The molecular formula is C40H36OP2. The maximum Gasteiger partial charge on any atom is 0.139 e. The summed E-state index contributed by atoms with van der Waals surface area (Å²) < 4.78 is 7.43. The van der Waals surface area contributed by atoms with Gasteiger partial charge >= 0.3 is 0 Å². The van der Waals surface area contributed by atoms with E-state index in [1.807, 2.05) is 0 Å². The van der Waals surface area contributed by atoms with E-state index in [4.69, 9.17) is 4.74 Å². The summed E-state index contributed by atoms with van der Waals surface area (Å²) in [6.45, 7) is 7.27. The van der Waals surface area contributed by atoms with Crippen molar-refractivity contribution in [3.05, 3.63) is 168 Å². The second-order valence-electron chi connectivity index (χ2n) is 12.0. The molecule has 0 saturated heterocycles. The Kier molecular flexibility index (Phi) is 7.43. The minimum absolute atomic E-state index is 0.148. The molecule has 2 aliphatic rings. The standard InChI is InChI=1S/C40H36OP2/c1-39(2)34-26-16-27-35(42(30-18-8-4-9-19-30)31-20-10-5-11-21-31)37(34)41-38-36(28-17-29-40(38,39)3)43(32-22-12-6-13-23-32)33-24-14-7-15-25-33/h4-28H,29H2,1-3H3. The lowest BCUT2D eigenvalue weighted by molar-refractivity contribution is 0.122. The molecule has 0 N–H and O–H groups in total. The molecule has 0 aromatic heterocycles. The van der Waals surface area contributed by atoms with Crippen LogP contribution in [0.25, 0.3) is 0 Å². The van der Waals surface area contributed by atoms with Gasteiger partial charge in [-0.2, -0.15) is 0 Å². The van der Waals surface area contributed by atoms with E-state index in [1.165, 1.54) is 37.4 Å². The normalized spacial score (nSPS) is 18.7. The lowest BCUT2D eigenvalue weighted by Crippen LogP contribution is -2.47. The number of rotatable bonds is 6. The minimum Gasteiger partial charge on any atom is -0.459 e. The Morgan fingerprint density at radius 1 is 0.535 bits per heavy atom. The van der Waals surface area contributed by atoms with Gasteiger partial charge in [0.05, 0.1) is 0 Å². The first-order valence-corrected chi connectivity index (χ1v) is 17.7. The van der Waals surface area contributed by atoms with Crippen LogP contribution >= 0.6 is 15.8 Å². The third kappa shape index (κ3) is 4.80. The molecule has 1 nitrogen and oxygen atoms in total. The molecule has 5 aromatic rings. The molecule has 43 heavy (non-hydrogen) atoms. The molecular weight excluding hydrogens is 558 g/mol. The predicted molar refractivity (Wildman–Crippen MR) is 187 cm³/mol. The molecule has 0 saturated carbocycles. The van der Waals surface area contributed by atoms with Gasteiger partial charge in [0, 0.05) is 27.0 Å². The predicted octanol–water partition coefficient (Wildman–Crippen LogP) is 8.43. The number of fused-ring (bicyclic) bond motifs is 2. The van der Waals surface area contributed by atoms with Crippen LogP contribution in [0.3, 0.4) is 0 Å². The zero-order chi connectivity index (χ0) is 29.4. The Hall–Kier alpha value is -3.76. The fourth-order valence-electron chi connectivity index (χ4n) is 6.60. The van der Waals surface area contributed by atoms with E-state index in [2.05, 4.69) is 172 Å². The number of benzene rings is 5. The number of hydrogen-bond acceptors (Lipinski definition) is 1. The molecule has 1 aliphatic carbocycles. The molecule has 0 spiro atoms. The van der Waals surface area contributed by atoms with Crippen LogP contribution in [0, 0.1) is 5.41 Å². The summed E-state index contributed by atoms with van der Waals surface area (Å²) in [5.74, 6) is 2.18. The summed E-state index contributed by atoms with van der Waals surface area (Å²) in [5.41, 5.74) is 0.966. The lowest BCUT2D eigenvalue weighted by atomic mass is 9.58. The highest BCUT2D eigenvalue weighted by molar-refractivity contribution is 7.80. The first-order chi connectivity index (χ1) is 21.0. The van der Waals surface area contributed by atoms with Crippen LogP contribution in [-0.4, -0.2) is 0 Å². The Labute approximate surface area is 258 Å². The molecule has 1 aliphatic heterocycles. The van der Waals surface area contributed by atoms with E-state index in [9.17, 15) is 0 Å². The van der Waals surface area contributed by atoms with Gasteiger partial charge in [0.1, 0.15) is 11.5 Å². The van der Waals surface area contributed by atoms with Gasteiger partial charge in [-0.1, -0.05) is 172 Å². The summed E-state index contributed by atoms with van der Waals surface area (Å²) in [4.78, 5) is 0. The summed E-state index contributed by atoms with van der Waals surface area (Å²) >= 11 is 0. The quantitative estimate of drug-likeness (QED) is 0.179. The highest BCUT2D eigenvalue weighted by atomic mass is 31.1. The molecule has 0 fully saturated rings. The van der Waals surface area contributed by atoms with Gasteiger partial charge in [0.15, 0.2) is 0 Å². The Morgan fingerprint density at radius 2 is 1.00 bits per heavy atom. The molecule has 1 heterocycles. The molecule has 7 rings (SSSR count). The summed E-state index contributed by atoms with van der Waals surface area (Å²) in [7, 11) is -1.64. The Bertz CT molecular complexity index is 1710. The molecule has 212 valence electrons. The topological polar surface area (TPSA) is 9.23 Å². The van der Waals surface area contributed by atoms with E-state index >= 15 is 0 Å². The van der Waals surface area contributed by atoms with Crippen molar-refractivity contribution in [2.75, 3.05) is 0 Å². The summed E-state index contributed by atoms with van der Waals surface area (Å²) in [6.07, 6.45) is 5.70. The highest BCUT2D eigenvalue weighted by Crippen LogP contribution is 2.62. The molecule has 1 atom stereocenters. The van der Waals surface area contributed by atoms with Crippen molar-refractivity contribution < 1.29 is 4.74 Å². The lowest BCUT2D eigenvalue weighted by Gasteiger charge is -2.52. The zero-order valence-corrected chi connectivity index (χ0v) is 26.7. The van der Waals surface area contributed by atoms with Gasteiger partial charge in [0.25, 0.3) is 0 Å². The molecule has 0 radical (unpaired) electrons. The third-order valence-corrected chi connectivity index (χ3v) is 14.3. The van der Waals surface area contributed by atoms with Crippen molar-refractivity contribution in [2.24, 2.45) is 5.41 Å². The van der Waals surface area contributed by atoms with Crippen LogP contribution in [0.15, 0.2) is 163 Å². The van der Waals surface area contributed by atoms with E-state index in [-0.39, 0.29) is 10.8 Å². The van der Waals surface area contributed by atoms with E-state index in [0.29, 0.717) is 0 Å². The minimum atomic E-state index is -0.821. The third-order valence-electron chi connectivity index (χ3n) is 9.33. The van der Waals surface area contributed by atoms with E-state index in [1.54, 1.807) is 0 Å². The molecule has 0 bridgehead atoms. The van der Waals surface area contributed by atoms with Crippen molar-refractivity contribution in [1.29, 1.82) is 0 Å². The van der Waals surface area contributed by atoms with Crippen LogP contribution in [-0.2, 0) is 5.41 Å². The second-order valence-corrected chi connectivity index (χ2v) is 16.4. The molecule has 3 heteroatoms. The van der Waals surface area contributed by atoms with Crippen molar-refractivity contribution in [3.8, 4) is 5.75 Å². The summed E-state index contributed by atoms with van der Waals surface area (Å²) in [6, 6.07) is 50.8. The van der Waals surface area contributed by atoms with Gasteiger partial charge < -0.3 is 4.74 Å². The Morgan fingerprint density at radius 3 is 1.49 bits per heavy atom. The highest BCUT2D eigenvalue weighted by Gasteiger charge is 2.53.